The van der Waals surface area contributed by atoms with Gasteiger partial charge < -0.3 is 9.73 Å². The van der Waals surface area contributed by atoms with Gasteiger partial charge in [-0.15, -0.1) is 0 Å². The van der Waals surface area contributed by atoms with Gasteiger partial charge in [-0.3, -0.25) is 4.79 Å². The molecule has 1 heterocycles. The van der Waals surface area contributed by atoms with Crippen molar-refractivity contribution >= 4 is 38.6 Å². The molecule has 4 rings (SSSR count). The summed E-state index contributed by atoms with van der Waals surface area (Å²) in [5.74, 6) is 0.921. The topological polar surface area (TPSA) is 55.1 Å². The summed E-state index contributed by atoms with van der Waals surface area (Å²) in [5, 5.41) is 2.90. The van der Waals surface area contributed by atoms with Gasteiger partial charge in [-0.25, -0.2) is 4.98 Å². The predicted octanol–water partition coefficient (Wildman–Crippen LogP) is 7.02. The van der Waals surface area contributed by atoms with Crippen molar-refractivity contribution in [1.82, 2.24) is 4.98 Å². The highest BCUT2D eigenvalue weighted by atomic mass is 79.9. The molecule has 5 heteroatoms. The highest BCUT2D eigenvalue weighted by molar-refractivity contribution is 9.10. The molecule has 0 aliphatic rings. The number of hydrogen-bond donors (Lipinski definition) is 1. The summed E-state index contributed by atoms with van der Waals surface area (Å²) in [7, 11) is 0. The van der Waals surface area contributed by atoms with Crippen LogP contribution in [0.1, 0.15) is 42.1 Å². The molecule has 3 aromatic carbocycles. The number of nitrogens with one attached hydrogen (secondary N) is 1. The molecule has 29 heavy (non-hydrogen) atoms. The fourth-order valence-electron chi connectivity index (χ4n) is 3.11. The Morgan fingerprint density at radius 3 is 2.48 bits per heavy atom. The van der Waals surface area contributed by atoms with Gasteiger partial charge in [-0.05, 0) is 78.6 Å². The summed E-state index contributed by atoms with van der Waals surface area (Å²) in [5.41, 5.74) is 5.11. The smallest absolute Gasteiger partial charge is 0.255 e. The van der Waals surface area contributed by atoms with E-state index in [1.54, 1.807) is 12.1 Å². The molecule has 0 saturated carbocycles. The third kappa shape index (κ3) is 4.25. The van der Waals surface area contributed by atoms with Crippen LogP contribution in [0.5, 0.6) is 0 Å². The van der Waals surface area contributed by atoms with Crippen LogP contribution in [0.4, 0.5) is 5.69 Å². The Morgan fingerprint density at radius 1 is 1.07 bits per heavy atom. The minimum atomic E-state index is -0.148. The van der Waals surface area contributed by atoms with E-state index < -0.39 is 0 Å². The van der Waals surface area contributed by atoms with E-state index in [2.05, 4.69) is 52.2 Å². The number of anilines is 1. The minimum absolute atomic E-state index is 0.148. The van der Waals surface area contributed by atoms with Crippen molar-refractivity contribution in [3.05, 3.63) is 82.3 Å². The lowest BCUT2D eigenvalue weighted by molar-refractivity contribution is 0.102. The van der Waals surface area contributed by atoms with Crippen LogP contribution in [0.15, 0.2) is 75.6 Å². The van der Waals surface area contributed by atoms with E-state index in [4.69, 9.17) is 4.42 Å². The summed E-state index contributed by atoms with van der Waals surface area (Å²) in [4.78, 5) is 17.0. The van der Waals surface area contributed by atoms with Gasteiger partial charge in [0.1, 0.15) is 5.52 Å². The second-order valence-corrected chi connectivity index (χ2v) is 8.01. The Bertz CT molecular complexity index is 1150. The van der Waals surface area contributed by atoms with E-state index in [0.29, 0.717) is 17.4 Å². The van der Waals surface area contributed by atoms with Crippen molar-refractivity contribution in [1.29, 1.82) is 0 Å². The number of nitrogens with zero attached hydrogens (tertiary/aromatic N) is 1. The zero-order chi connectivity index (χ0) is 20.4. The number of benzene rings is 3. The van der Waals surface area contributed by atoms with E-state index in [0.717, 1.165) is 33.2 Å². The first-order valence-electron chi connectivity index (χ1n) is 9.61. The van der Waals surface area contributed by atoms with Crippen LogP contribution in [-0.4, -0.2) is 10.9 Å². The molecule has 0 bridgehead atoms. The van der Waals surface area contributed by atoms with E-state index in [1.165, 1.54) is 5.56 Å². The van der Waals surface area contributed by atoms with E-state index in [9.17, 15) is 4.79 Å². The molecule has 0 saturated heterocycles. The fraction of sp³-hybridized carbons (Fsp3) is 0.167. The van der Waals surface area contributed by atoms with E-state index in [1.807, 2.05) is 42.5 Å². The van der Waals surface area contributed by atoms with Crippen molar-refractivity contribution in [2.45, 2.75) is 26.2 Å². The first-order chi connectivity index (χ1) is 14.0. The molecule has 0 spiro atoms. The lowest BCUT2D eigenvalue weighted by atomic mass is 9.98. The summed E-state index contributed by atoms with van der Waals surface area (Å²) >= 11 is 3.37. The maximum atomic E-state index is 12.4. The number of rotatable bonds is 5. The monoisotopic (exact) mass is 448 g/mol. The number of amides is 1. The van der Waals surface area contributed by atoms with E-state index >= 15 is 0 Å². The minimum Gasteiger partial charge on any atom is -0.436 e. The summed E-state index contributed by atoms with van der Waals surface area (Å²) in [6.45, 7) is 4.39. The van der Waals surface area contributed by atoms with Crippen LogP contribution in [0, 0.1) is 0 Å². The zero-order valence-corrected chi connectivity index (χ0v) is 17.9. The molecule has 146 valence electrons. The quantitative estimate of drug-likeness (QED) is 0.356. The van der Waals surface area contributed by atoms with Gasteiger partial charge in [0.15, 0.2) is 5.58 Å². The predicted molar refractivity (Wildman–Crippen MR) is 120 cm³/mol. The lowest BCUT2D eigenvalue weighted by Crippen LogP contribution is -2.11. The summed E-state index contributed by atoms with van der Waals surface area (Å²) in [6, 6.07) is 20.9. The van der Waals surface area contributed by atoms with Crippen LogP contribution in [-0.2, 0) is 0 Å². The van der Waals surface area contributed by atoms with Crippen LogP contribution in [0.3, 0.4) is 0 Å². The zero-order valence-electron chi connectivity index (χ0n) is 16.3. The third-order valence-electron chi connectivity index (χ3n) is 5.09. The molecule has 4 nitrogen and oxygen atoms in total. The molecule has 1 atom stereocenters. The van der Waals surface area contributed by atoms with Gasteiger partial charge in [0.25, 0.3) is 5.91 Å². The Labute approximate surface area is 178 Å². The molecule has 0 aliphatic carbocycles. The summed E-state index contributed by atoms with van der Waals surface area (Å²) in [6.07, 6.45) is 1.09. The number of hydrogen-bond acceptors (Lipinski definition) is 3. The van der Waals surface area contributed by atoms with Gasteiger partial charge >= 0.3 is 0 Å². The van der Waals surface area contributed by atoms with Crippen molar-refractivity contribution in [2.24, 2.45) is 0 Å². The van der Waals surface area contributed by atoms with Crippen LogP contribution >= 0.6 is 15.9 Å². The van der Waals surface area contributed by atoms with Crippen molar-refractivity contribution in [3.8, 4) is 11.5 Å². The van der Waals surface area contributed by atoms with Crippen LogP contribution in [0.25, 0.3) is 22.6 Å². The fourth-order valence-corrected chi connectivity index (χ4v) is 3.38. The van der Waals surface area contributed by atoms with Gasteiger partial charge in [0.05, 0.1) is 0 Å². The lowest BCUT2D eigenvalue weighted by Gasteiger charge is -2.07. The third-order valence-corrected chi connectivity index (χ3v) is 5.62. The van der Waals surface area contributed by atoms with Crippen molar-refractivity contribution in [3.63, 3.8) is 0 Å². The molecule has 0 unspecified atom stereocenters. The Morgan fingerprint density at radius 2 is 1.79 bits per heavy atom. The largest absolute Gasteiger partial charge is 0.436 e. The highest BCUT2D eigenvalue weighted by Crippen LogP contribution is 2.28. The molecular formula is C24H21BrN2O2. The molecule has 0 fully saturated rings. The average molecular weight is 449 g/mol. The average Bonchev–Trinajstić information content (AvgIpc) is 3.17. The van der Waals surface area contributed by atoms with E-state index in [-0.39, 0.29) is 5.91 Å². The highest BCUT2D eigenvalue weighted by Gasteiger charge is 2.12. The Kier molecular flexibility index (Phi) is 5.49. The van der Waals surface area contributed by atoms with Crippen LogP contribution < -0.4 is 5.32 Å². The Balaban J connectivity index is 1.52. The SMILES string of the molecule is CC[C@@H](C)c1ccc2oc(-c3ccc(NC(=O)c4ccc(Br)cc4)cc3)nc2c1. The molecule has 1 N–H and O–H groups in total. The molecule has 0 aliphatic heterocycles. The van der Waals surface area contributed by atoms with Gasteiger partial charge in [0.2, 0.25) is 5.89 Å². The normalized spacial score (nSPS) is 12.1. The second kappa shape index (κ2) is 8.21. The molecular weight excluding hydrogens is 428 g/mol. The first kappa shape index (κ1) is 19.4. The maximum Gasteiger partial charge on any atom is 0.255 e. The number of aromatic nitrogens is 1. The van der Waals surface area contributed by atoms with Gasteiger partial charge in [0, 0.05) is 21.3 Å². The van der Waals surface area contributed by atoms with Gasteiger partial charge in [-0.2, -0.15) is 0 Å². The van der Waals surface area contributed by atoms with Crippen LogP contribution in [0.2, 0.25) is 0 Å². The van der Waals surface area contributed by atoms with Crippen molar-refractivity contribution in [2.75, 3.05) is 5.32 Å². The number of oxazole rings is 1. The Hall–Kier alpha value is -2.92. The first-order valence-corrected chi connectivity index (χ1v) is 10.4. The van der Waals surface area contributed by atoms with Gasteiger partial charge in [-0.1, -0.05) is 35.8 Å². The number of carbonyl (C=O) groups is 1. The second-order valence-electron chi connectivity index (χ2n) is 7.09. The standard InChI is InChI=1S/C24H21BrN2O2/c1-3-15(2)18-8-13-22-21(14-18)27-24(29-22)17-6-11-20(12-7-17)26-23(28)16-4-9-19(25)10-5-16/h4-15H,3H2,1-2H3,(H,26,28)/t15-/m1/s1. The maximum absolute atomic E-state index is 12.4. The molecule has 4 aromatic rings. The number of fused-ring (bicyclic) bond motifs is 1. The number of carbonyl (C=O) groups excluding carboxylic acids is 1. The molecule has 1 aromatic heterocycles. The molecule has 0 radical (unpaired) electrons. The molecule has 1 amide bonds. The number of halogens is 1. The van der Waals surface area contributed by atoms with Crippen molar-refractivity contribution < 1.29 is 9.21 Å². The summed E-state index contributed by atoms with van der Waals surface area (Å²) < 4.78 is 6.86.